The van der Waals surface area contributed by atoms with Gasteiger partial charge in [-0.2, -0.15) is 4.31 Å². The minimum Gasteiger partial charge on any atom is -0.313 e. The van der Waals surface area contributed by atoms with Gasteiger partial charge in [0.05, 0.1) is 0 Å². The SMILES string of the molecule is CCNCc1csc(S(=O)(=O)N2CCN(C)C(CC)C2)c1. The van der Waals surface area contributed by atoms with E-state index in [0.717, 1.165) is 31.6 Å². The number of hydrogen-bond acceptors (Lipinski definition) is 5. The van der Waals surface area contributed by atoms with Crippen LogP contribution in [-0.4, -0.2) is 56.9 Å². The van der Waals surface area contributed by atoms with E-state index in [1.54, 1.807) is 4.31 Å². The number of sulfonamides is 1. The van der Waals surface area contributed by atoms with Crippen LogP contribution in [-0.2, 0) is 16.6 Å². The molecule has 1 saturated heterocycles. The van der Waals surface area contributed by atoms with Crippen LogP contribution in [0, 0.1) is 0 Å². The molecule has 1 atom stereocenters. The summed E-state index contributed by atoms with van der Waals surface area (Å²) >= 11 is 1.33. The maximum absolute atomic E-state index is 12.7. The van der Waals surface area contributed by atoms with Gasteiger partial charge < -0.3 is 10.2 Å². The third-order valence-corrected chi connectivity index (χ3v) is 7.34. The van der Waals surface area contributed by atoms with Crippen LogP contribution >= 0.6 is 11.3 Å². The molecule has 2 rings (SSSR count). The van der Waals surface area contributed by atoms with Crippen molar-refractivity contribution in [2.45, 2.75) is 37.1 Å². The summed E-state index contributed by atoms with van der Waals surface area (Å²) in [6, 6.07) is 2.12. The highest BCUT2D eigenvalue weighted by molar-refractivity contribution is 7.91. The maximum atomic E-state index is 12.7. The molecule has 7 heteroatoms. The second kappa shape index (κ2) is 7.19. The molecule has 1 unspecified atom stereocenters. The fourth-order valence-electron chi connectivity index (χ4n) is 2.55. The molecule has 0 saturated carbocycles. The molecule has 0 aliphatic carbocycles. The molecule has 0 spiro atoms. The topological polar surface area (TPSA) is 52.7 Å². The highest BCUT2D eigenvalue weighted by Crippen LogP contribution is 2.26. The van der Waals surface area contributed by atoms with Gasteiger partial charge in [0.25, 0.3) is 10.0 Å². The Morgan fingerprint density at radius 1 is 1.38 bits per heavy atom. The van der Waals surface area contributed by atoms with Crippen LogP contribution in [0.15, 0.2) is 15.7 Å². The maximum Gasteiger partial charge on any atom is 0.252 e. The number of hydrogen-bond donors (Lipinski definition) is 1. The molecule has 1 aliphatic rings. The first kappa shape index (κ1) is 16.9. The van der Waals surface area contributed by atoms with Crippen LogP contribution in [0.5, 0.6) is 0 Å². The Kier molecular flexibility index (Phi) is 5.79. The molecule has 0 amide bonds. The fraction of sp³-hybridized carbons (Fsp3) is 0.714. The van der Waals surface area contributed by atoms with Crippen molar-refractivity contribution >= 4 is 21.4 Å². The average molecular weight is 332 g/mol. The number of nitrogens with zero attached hydrogens (tertiary/aromatic N) is 2. The van der Waals surface area contributed by atoms with E-state index in [2.05, 4.69) is 24.2 Å². The van der Waals surface area contributed by atoms with E-state index in [1.807, 2.05) is 18.4 Å². The van der Waals surface area contributed by atoms with Gasteiger partial charge in [0.15, 0.2) is 0 Å². The molecule has 1 aliphatic heterocycles. The monoisotopic (exact) mass is 331 g/mol. The van der Waals surface area contributed by atoms with E-state index in [0.29, 0.717) is 23.3 Å². The summed E-state index contributed by atoms with van der Waals surface area (Å²) in [5, 5.41) is 5.16. The summed E-state index contributed by atoms with van der Waals surface area (Å²) in [7, 11) is -1.27. The molecule has 1 fully saturated rings. The lowest BCUT2D eigenvalue weighted by Crippen LogP contribution is -2.52. The first-order chi connectivity index (χ1) is 9.98. The number of piperazine rings is 1. The first-order valence-electron chi connectivity index (χ1n) is 7.47. The van der Waals surface area contributed by atoms with Gasteiger partial charge in [0, 0.05) is 32.2 Å². The standard InChI is InChI=1S/C14H25N3O2S2/c1-4-13-10-17(7-6-16(13)3)21(18,19)14-8-12(11-20-14)9-15-5-2/h8,11,13,15H,4-7,9-10H2,1-3H3. The first-order valence-corrected chi connectivity index (χ1v) is 9.79. The lowest BCUT2D eigenvalue weighted by molar-refractivity contribution is 0.144. The predicted octanol–water partition coefficient (Wildman–Crippen LogP) is 1.57. The molecular weight excluding hydrogens is 306 g/mol. The second-order valence-corrected chi connectivity index (χ2v) is 8.54. The zero-order valence-corrected chi connectivity index (χ0v) is 14.6. The van der Waals surface area contributed by atoms with Crippen LogP contribution in [0.4, 0.5) is 0 Å². The van der Waals surface area contributed by atoms with E-state index in [4.69, 9.17) is 0 Å². The summed E-state index contributed by atoms with van der Waals surface area (Å²) in [6.07, 6.45) is 0.971. The van der Waals surface area contributed by atoms with Gasteiger partial charge in [-0.25, -0.2) is 8.42 Å². The van der Waals surface area contributed by atoms with E-state index in [-0.39, 0.29) is 0 Å². The number of rotatable bonds is 6. The van der Waals surface area contributed by atoms with Crippen LogP contribution in [0.25, 0.3) is 0 Å². The molecule has 0 bridgehead atoms. The number of nitrogens with one attached hydrogen (secondary N) is 1. The third kappa shape index (κ3) is 3.84. The van der Waals surface area contributed by atoms with Crippen LogP contribution in [0.1, 0.15) is 25.8 Å². The molecule has 21 heavy (non-hydrogen) atoms. The Morgan fingerprint density at radius 3 is 2.81 bits per heavy atom. The second-order valence-electron chi connectivity index (χ2n) is 5.46. The fourth-order valence-corrected chi connectivity index (χ4v) is 5.38. The third-order valence-electron chi connectivity index (χ3n) is 4.01. The van der Waals surface area contributed by atoms with E-state index in [1.165, 1.54) is 11.3 Å². The van der Waals surface area contributed by atoms with Gasteiger partial charge in [0.2, 0.25) is 0 Å². The van der Waals surface area contributed by atoms with Crippen molar-refractivity contribution in [1.82, 2.24) is 14.5 Å². The molecular formula is C14H25N3O2S2. The number of thiophene rings is 1. The normalized spacial score (nSPS) is 21.8. The summed E-state index contributed by atoms with van der Waals surface area (Å²) in [5.41, 5.74) is 1.04. The summed E-state index contributed by atoms with van der Waals surface area (Å²) in [4.78, 5) is 2.25. The highest BCUT2D eigenvalue weighted by atomic mass is 32.2. The van der Waals surface area contributed by atoms with Crippen LogP contribution < -0.4 is 5.32 Å². The van der Waals surface area contributed by atoms with Crippen molar-refractivity contribution in [3.05, 3.63) is 17.0 Å². The summed E-state index contributed by atoms with van der Waals surface area (Å²) < 4.78 is 27.6. The van der Waals surface area contributed by atoms with Crippen LogP contribution in [0.2, 0.25) is 0 Å². The van der Waals surface area contributed by atoms with Crippen LogP contribution in [0.3, 0.4) is 0 Å². The molecule has 2 heterocycles. The van der Waals surface area contributed by atoms with Gasteiger partial charge in [-0.05, 0) is 37.0 Å². The van der Waals surface area contributed by atoms with Gasteiger partial charge >= 0.3 is 0 Å². The van der Waals surface area contributed by atoms with Crippen molar-refractivity contribution in [2.75, 3.05) is 33.2 Å². The molecule has 1 N–H and O–H groups in total. The van der Waals surface area contributed by atoms with Crippen molar-refractivity contribution < 1.29 is 8.42 Å². The van der Waals surface area contributed by atoms with Gasteiger partial charge in [-0.3, -0.25) is 0 Å². The lowest BCUT2D eigenvalue weighted by Gasteiger charge is -2.38. The Morgan fingerprint density at radius 2 is 2.14 bits per heavy atom. The average Bonchev–Trinajstić information content (AvgIpc) is 2.95. The Labute approximate surface area is 132 Å². The largest absolute Gasteiger partial charge is 0.313 e. The minimum atomic E-state index is -3.34. The van der Waals surface area contributed by atoms with Crippen molar-refractivity contribution in [3.8, 4) is 0 Å². The smallest absolute Gasteiger partial charge is 0.252 e. The lowest BCUT2D eigenvalue weighted by atomic mass is 10.1. The summed E-state index contributed by atoms with van der Waals surface area (Å²) in [6.45, 7) is 7.73. The molecule has 0 radical (unpaired) electrons. The Hall–Kier alpha value is -0.470. The molecule has 1 aromatic rings. The molecule has 5 nitrogen and oxygen atoms in total. The van der Waals surface area contributed by atoms with Crippen molar-refractivity contribution in [3.63, 3.8) is 0 Å². The van der Waals surface area contributed by atoms with Crippen molar-refractivity contribution in [1.29, 1.82) is 0 Å². The Bertz CT molecular complexity index is 556. The predicted molar refractivity (Wildman–Crippen MR) is 87.2 cm³/mol. The highest BCUT2D eigenvalue weighted by Gasteiger charge is 2.32. The van der Waals surface area contributed by atoms with E-state index in [9.17, 15) is 8.42 Å². The van der Waals surface area contributed by atoms with E-state index < -0.39 is 10.0 Å². The van der Waals surface area contributed by atoms with Crippen molar-refractivity contribution in [2.24, 2.45) is 0 Å². The molecule has 0 aromatic carbocycles. The zero-order chi connectivity index (χ0) is 15.5. The molecule has 1 aromatic heterocycles. The van der Waals surface area contributed by atoms with E-state index >= 15 is 0 Å². The quantitative estimate of drug-likeness (QED) is 0.860. The van der Waals surface area contributed by atoms with Gasteiger partial charge in [-0.1, -0.05) is 13.8 Å². The Balaban J connectivity index is 2.12. The van der Waals surface area contributed by atoms with Gasteiger partial charge in [-0.15, -0.1) is 11.3 Å². The minimum absolute atomic E-state index is 0.315. The zero-order valence-electron chi connectivity index (χ0n) is 13.0. The molecule has 120 valence electrons. The number of likely N-dealkylation sites (N-methyl/N-ethyl adjacent to an activating group) is 1. The van der Waals surface area contributed by atoms with Gasteiger partial charge in [0.1, 0.15) is 4.21 Å². The summed E-state index contributed by atoms with van der Waals surface area (Å²) in [5.74, 6) is 0.